The van der Waals surface area contributed by atoms with Crippen molar-refractivity contribution in [3.8, 4) is 0 Å². The lowest BCUT2D eigenvalue weighted by Crippen LogP contribution is -2.44. The number of rotatable bonds is 8. The van der Waals surface area contributed by atoms with Gasteiger partial charge in [-0.3, -0.25) is 0 Å². The van der Waals surface area contributed by atoms with E-state index in [0.29, 0.717) is 24.0 Å². The van der Waals surface area contributed by atoms with E-state index in [2.05, 4.69) is 22.8 Å². The van der Waals surface area contributed by atoms with E-state index in [1.807, 2.05) is 74.5 Å². The van der Waals surface area contributed by atoms with Gasteiger partial charge in [0, 0.05) is 12.1 Å². The third kappa shape index (κ3) is 6.13. The fourth-order valence-electron chi connectivity index (χ4n) is 8.40. The quantitative estimate of drug-likeness (QED) is 0.341. The molecule has 4 fully saturated rings. The molecule has 2 aromatic rings. The molecule has 0 aromatic heterocycles. The van der Waals surface area contributed by atoms with Crippen molar-refractivity contribution in [2.45, 2.75) is 77.3 Å². The Kier molecular flexibility index (Phi) is 8.15. The molecule has 0 radical (unpaired) electrons. The molecule has 4 saturated carbocycles. The van der Waals surface area contributed by atoms with Gasteiger partial charge in [0.15, 0.2) is 0 Å². The zero-order chi connectivity index (χ0) is 29.2. The number of ether oxygens (including phenoxy) is 2. The number of benzene rings is 2. The first-order chi connectivity index (χ1) is 20.4. The predicted octanol–water partition coefficient (Wildman–Crippen LogP) is 7.76. The summed E-state index contributed by atoms with van der Waals surface area (Å²) in [5.41, 5.74) is 5.33. The van der Waals surface area contributed by atoms with Crippen LogP contribution in [0.1, 0.15) is 76.3 Å². The molecule has 4 aliphatic carbocycles. The molecule has 0 unspecified atom stereocenters. The molecule has 0 bridgehead atoms. The van der Waals surface area contributed by atoms with Gasteiger partial charge >= 0.3 is 12.2 Å². The average molecular weight is 569 g/mol. The number of carbonyl (C=O) groups excluding carboxylic acids is 2. The van der Waals surface area contributed by atoms with Crippen LogP contribution in [0, 0.1) is 22.7 Å². The second-order valence-electron chi connectivity index (χ2n) is 13.2. The first kappa shape index (κ1) is 28.6. The topological polar surface area (TPSA) is 76.7 Å². The molecule has 2 spiro atoms. The third-order valence-corrected chi connectivity index (χ3v) is 10.4. The van der Waals surface area contributed by atoms with Gasteiger partial charge in [-0.1, -0.05) is 72.8 Å². The minimum absolute atomic E-state index is 0.217. The van der Waals surface area contributed by atoms with Gasteiger partial charge in [0.2, 0.25) is 0 Å². The van der Waals surface area contributed by atoms with Crippen molar-refractivity contribution in [3.63, 3.8) is 0 Å². The van der Waals surface area contributed by atoms with Crippen LogP contribution in [0.25, 0.3) is 12.2 Å². The van der Waals surface area contributed by atoms with Crippen LogP contribution in [0.5, 0.6) is 0 Å². The van der Waals surface area contributed by atoms with Crippen molar-refractivity contribution in [2.75, 3.05) is 13.2 Å². The number of alkyl carbamates (subject to hydrolysis) is 2. The standard InChI is InChI=1S/C36H44N2O4/c1-25(21-27-9-5-3-6-10-27)23-41-33(39)37-29-13-17-35(18-14-29)31-32(35)36(31)19-15-30(16-20-36)38-34(40)42-24-26(2)22-28-11-7-4-8-12-28/h3-12,21-22,29-32H,13-20,23-24H2,1-2H3,(H,37,39)(H,38,40)/b25-21+,26-22+. The Morgan fingerprint density at radius 3 is 1.38 bits per heavy atom. The van der Waals surface area contributed by atoms with Gasteiger partial charge in [-0.05, 0) is 110 Å². The van der Waals surface area contributed by atoms with E-state index in [4.69, 9.17) is 9.47 Å². The van der Waals surface area contributed by atoms with Crippen molar-refractivity contribution in [1.82, 2.24) is 10.6 Å². The van der Waals surface area contributed by atoms with Crippen LogP contribution in [0.2, 0.25) is 0 Å². The molecule has 2 aromatic carbocycles. The zero-order valence-corrected chi connectivity index (χ0v) is 24.9. The summed E-state index contributed by atoms with van der Waals surface area (Å²) in [6.07, 6.45) is 12.5. The molecule has 2 N–H and O–H groups in total. The van der Waals surface area contributed by atoms with Crippen molar-refractivity contribution in [1.29, 1.82) is 0 Å². The zero-order valence-electron chi connectivity index (χ0n) is 24.9. The summed E-state index contributed by atoms with van der Waals surface area (Å²) in [7, 11) is 0. The Bertz CT molecular complexity index is 1200. The van der Waals surface area contributed by atoms with Gasteiger partial charge in [0.25, 0.3) is 0 Å². The second kappa shape index (κ2) is 12.0. The molecule has 6 heteroatoms. The molecular weight excluding hydrogens is 524 g/mol. The first-order valence-electron chi connectivity index (χ1n) is 15.7. The lowest BCUT2D eigenvalue weighted by molar-refractivity contribution is 0.0784. The normalized spacial score (nSPS) is 31.7. The summed E-state index contributed by atoms with van der Waals surface area (Å²) in [4.78, 5) is 24.8. The number of hydrogen-bond acceptors (Lipinski definition) is 4. The maximum Gasteiger partial charge on any atom is 0.407 e. The summed E-state index contributed by atoms with van der Waals surface area (Å²) >= 11 is 0. The van der Waals surface area contributed by atoms with Crippen molar-refractivity contribution in [2.24, 2.45) is 22.7 Å². The summed E-state index contributed by atoms with van der Waals surface area (Å²) in [5, 5.41) is 6.23. The van der Waals surface area contributed by atoms with Gasteiger partial charge in [-0.2, -0.15) is 0 Å². The predicted molar refractivity (Wildman–Crippen MR) is 166 cm³/mol. The molecular formula is C36H44N2O4. The minimum Gasteiger partial charge on any atom is -0.445 e. The molecule has 0 saturated heterocycles. The van der Waals surface area contributed by atoms with Crippen molar-refractivity contribution >= 4 is 24.3 Å². The highest BCUT2D eigenvalue weighted by Gasteiger charge is 2.89. The Balaban J connectivity index is 0.864. The van der Waals surface area contributed by atoms with Crippen molar-refractivity contribution in [3.05, 3.63) is 82.9 Å². The molecule has 42 heavy (non-hydrogen) atoms. The fraction of sp³-hybridized carbons (Fsp3) is 0.500. The van der Waals surface area contributed by atoms with E-state index >= 15 is 0 Å². The third-order valence-electron chi connectivity index (χ3n) is 10.4. The maximum absolute atomic E-state index is 12.4. The first-order valence-corrected chi connectivity index (χ1v) is 15.7. The van der Waals surface area contributed by atoms with E-state index in [1.165, 1.54) is 25.7 Å². The Labute approximate surface area is 249 Å². The molecule has 2 amide bonds. The molecule has 0 heterocycles. The summed E-state index contributed by atoms with van der Waals surface area (Å²) in [5.74, 6) is 1.73. The van der Waals surface area contributed by atoms with Gasteiger partial charge < -0.3 is 20.1 Å². The molecule has 222 valence electrons. The van der Waals surface area contributed by atoms with Crippen LogP contribution in [-0.4, -0.2) is 37.5 Å². The van der Waals surface area contributed by atoms with Gasteiger partial charge in [0.05, 0.1) is 0 Å². The van der Waals surface area contributed by atoms with Crippen molar-refractivity contribution < 1.29 is 19.1 Å². The van der Waals surface area contributed by atoms with Crippen LogP contribution >= 0.6 is 0 Å². The number of amides is 2. The highest BCUT2D eigenvalue weighted by Crippen LogP contribution is 2.94. The SMILES string of the molecule is C/C(=C\c1ccccc1)COC(=O)NC1CCC2(CC1)C1C2C12CCC(NC(=O)OC/C(C)=C/c1ccccc1)CC2. The summed E-state index contributed by atoms with van der Waals surface area (Å²) < 4.78 is 11.0. The minimum atomic E-state index is -0.305. The Hall–Kier alpha value is -3.54. The maximum atomic E-state index is 12.4. The monoisotopic (exact) mass is 568 g/mol. The number of hydrogen-bond donors (Lipinski definition) is 2. The van der Waals surface area contributed by atoms with Crippen LogP contribution in [0.3, 0.4) is 0 Å². The van der Waals surface area contributed by atoms with E-state index in [-0.39, 0.29) is 24.3 Å². The Morgan fingerprint density at radius 2 is 1.02 bits per heavy atom. The largest absolute Gasteiger partial charge is 0.445 e. The molecule has 0 atom stereocenters. The number of fused-ring (bicyclic) bond motifs is 5. The van der Waals surface area contributed by atoms with E-state index in [0.717, 1.165) is 59.8 Å². The highest BCUT2D eigenvalue weighted by molar-refractivity contribution is 5.68. The van der Waals surface area contributed by atoms with Gasteiger partial charge in [-0.25, -0.2) is 9.59 Å². The van der Waals surface area contributed by atoms with E-state index in [9.17, 15) is 9.59 Å². The lowest BCUT2D eigenvalue weighted by Gasteiger charge is -2.43. The Morgan fingerprint density at radius 1 is 0.667 bits per heavy atom. The second-order valence-corrected chi connectivity index (χ2v) is 13.2. The summed E-state index contributed by atoms with van der Waals surface area (Å²) in [6, 6.07) is 20.6. The smallest absolute Gasteiger partial charge is 0.407 e. The highest BCUT2D eigenvalue weighted by atomic mass is 16.6. The molecule has 6 nitrogen and oxygen atoms in total. The van der Waals surface area contributed by atoms with Gasteiger partial charge in [0.1, 0.15) is 13.2 Å². The van der Waals surface area contributed by atoms with Gasteiger partial charge in [-0.15, -0.1) is 0 Å². The van der Waals surface area contributed by atoms with E-state index in [1.54, 1.807) is 0 Å². The van der Waals surface area contributed by atoms with E-state index < -0.39 is 0 Å². The van der Waals surface area contributed by atoms with Crippen LogP contribution in [0.15, 0.2) is 71.8 Å². The molecule has 6 rings (SSSR count). The lowest BCUT2D eigenvalue weighted by atomic mass is 9.64. The molecule has 4 aliphatic rings. The summed E-state index contributed by atoms with van der Waals surface area (Å²) in [6.45, 7) is 4.59. The number of nitrogens with one attached hydrogen (secondary N) is 2. The number of carbonyl (C=O) groups is 2. The van der Waals surface area contributed by atoms with Crippen LogP contribution < -0.4 is 10.6 Å². The van der Waals surface area contributed by atoms with Crippen LogP contribution in [0.4, 0.5) is 9.59 Å². The van der Waals surface area contributed by atoms with Crippen LogP contribution in [-0.2, 0) is 9.47 Å². The molecule has 0 aliphatic heterocycles. The average Bonchev–Trinajstić information content (AvgIpc) is 3.88. The fourth-order valence-corrected chi connectivity index (χ4v) is 8.40.